The predicted molar refractivity (Wildman–Crippen MR) is 97.1 cm³/mol. The van der Waals surface area contributed by atoms with Gasteiger partial charge in [-0.1, -0.05) is 17.7 Å². The van der Waals surface area contributed by atoms with Crippen molar-refractivity contribution >= 4 is 11.6 Å². The lowest BCUT2D eigenvalue weighted by Crippen LogP contribution is -2.35. The Morgan fingerprint density at radius 3 is 2.84 bits per heavy atom. The summed E-state index contributed by atoms with van der Waals surface area (Å²) in [5, 5.41) is 9.30. The molecule has 2 aromatic rings. The van der Waals surface area contributed by atoms with Crippen LogP contribution in [0.25, 0.3) is 0 Å². The predicted octanol–water partition coefficient (Wildman–Crippen LogP) is 3.05. The number of piperidine rings is 1. The first-order valence-corrected chi connectivity index (χ1v) is 9.01. The van der Waals surface area contributed by atoms with Gasteiger partial charge >= 0.3 is 0 Å². The third kappa shape index (κ3) is 4.37. The number of rotatable bonds is 5. The molecule has 25 heavy (non-hydrogen) atoms. The topological polar surface area (TPSA) is 37.2 Å². The smallest absolute Gasteiger partial charge is 0.146 e. The molecule has 136 valence electrons. The van der Waals surface area contributed by atoms with Crippen molar-refractivity contribution in [2.24, 2.45) is 7.05 Å². The Labute approximate surface area is 153 Å². The number of aromatic nitrogens is 3. The molecule has 1 atom stereocenters. The summed E-state index contributed by atoms with van der Waals surface area (Å²) < 4.78 is 15.4. The molecule has 2 heterocycles. The van der Waals surface area contributed by atoms with Crippen molar-refractivity contribution < 1.29 is 4.39 Å². The molecule has 1 aliphatic heterocycles. The molecule has 0 saturated carbocycles. The first-order chi connectivity index (χ1) is 11.9. The highest BCUT2D eigenvalue weighted by molar-refractivity contribution is 6.31. The summed E-state index contributed by atoms with van der Waals surface area (Å²) in [5.41, 5.74) is 0.968. The second-order valence-corrected chi connectivity index (χ2v) is 7.49. The molecule has 0 aliphatic carbocycles. The van der Waals surface area contributed by atoms with Crippen LogP contribution in [0.3, 0.4) is 0 Å². The van der Waals surface area contributed by atoms with E-state index in [9.17, 15) is 4.39 Å². The summed E-state index contributed by atoms with van der Waals surface area (Å²) >= 11 is 6.18. The van der Waals surface area contributed by atoms with Crippen LogP contribution in [0.2, 0.25) is 5.02 Å². The van der Waals surface area contributed by atoms with E-state index in [4.69, 9.17) is 11.6 Å². The van der Waals surface area contributed by atoms with E-state index in [0.29, 0.717) is 10.9 Å². The first kappa shape index (κ1) is 18.3. The summed E-state index contributed by atoms with van der Waals surface area (Å²) in [4.78, 5) is 4.46. The van der Waals surface area contributed by atoms with Gasteiger partial charge in [0.05, 0.1) is 6.54 Å². The van der Waals surface area contributed by atoms with Gasteiger partial charge in [0.15, 0.2) is 0 Å². The van der Waals surface area contributed by atoms with Gasteiger partial charge in [0.25, 0.3) is 0 Å². The number of likely N-dealkylation sites (tertiary alicyclic amines) is 1. The van der Waals surface area contributed by atoms with Gasteiger partial charge in [0, 0.05) is 31.1 Å². The van der Waals surface area contributed by atoms with E-state index in [2.05, 4.69) is 24.6 Å². The fourth-order valence-corrected chi connectivity index (χ4v) is 3.68. The van der Waals surface area contributed by atoms with Crippen LogP contribution in [0.15, 0.2) is 18.2 Å². The van der Waals surface area contributed by atoms with Crippen LogP contribution in [0.4, 0.5) is 4.39 Å². The van der Waals surface area contributed by atoms with E-state index < -0.39 is 0 Å². The SMILES string of the molecule is CN(C)Cc1nnc(C2CCCN(Cc3ccc(F)cc3Cl)C2)n1C. The lowest BCUT2D eigenvalue weighted by atomic mass is 9.96. The van der Waals surface area contributed by atoms with Crippen LogP contribution in [0.1, 0.15) is 36.0 Å². The third-order valence-corrected chi connectivity index (χ3v) is 5.09. The van der Waals surface area contributed by atoms with E-state index in [-0.39, 0.29) is 5.82 Å². The van der Waals surface area contributed by atoms with Crippen molar-refractivity contribution in [2.45, 2.75) is 31.8 Å². The maximum atomic E-state index is 13.2. The minimum absolute atomic E-state index is 0.294. The molecule has 3 rings (SSSR count). The number of halogens is 2. The maximum Gasteiger partial charge on any atom is 0.146 e. The Bertz CT molecular complexity index is 730. The summed E-state index contributed by atoms with van der Waals surface area (Å²) in [5.74, 6) is 2.10. The Hall–Kier alpha value is -1.50. The second-order valence-electron chi connectivity index (χ2n) is 7.08. The normalized spacial score (nSPS) is 18.9. The molecule has 0 N–H and O–H groups in total. The van der Waals surface area contributed by atoms with Crippen molar-refractivity contribution in [1.82, 2.24) is 24.6 Å². The fraction of sp³-hybridized carbons (Fsp3) is 0.556. The van der Waals surface area contributed by atoms with E-state index in [1.54, 1.807) is 6.07 Å². The van der Waals surface area contributed by atoms with Gasteiger partial charge in [-0.15, -0.1) is 10.2 Å². The highest BCUT2D eigenvalue weighted by atomic mass is 35.5. The molecule has 1 unspecified atom stereocenters. The van der Waals surface area contributed by atoms with E-state index in [1.807, 2.05) is 21.1 Å². The first-order valence-electron chi connectivity index (χ1n) is 8.63. The summed E-state index contributed by atoms with van der Waals surface area (Å²) in [7, 11) is 6.11. The summed E-state index contributed by atoms with van der Waals surface area (Å²) in [6.07, 6.45) is 2.22. The fourth-order valence-electron chi connectivity index (χ4n) is 3.45. The number of hydrogen-bond donors (Lipinski definition) is 0. The van der Waals surface area contributed by atoms with Crippen molar-refractivity contribution in [3.63, 3.8) is 0 Å². The molecular formula is C18H25ClFN5. The van der Waals surface area contributed by atoms with Gasteiger partial charge in [-0.2, -0.15) is 0 Å². The third-order valence-electron chi connectivity index (χ3n) is 4.74. The molecule has 5 nitrogen and oxygen atoms in total. The minimum atomic E-state index is -0.294. The minimum Gasteiger partial charge on any atom is -0.317 e. The van der Waals surface area contributed by atoms with E-state index in [1.165, 1.54) is 12.1 Å². The van der Waals surface area contributed by atoms with Gasteiger partial charge in [-0.25, -0.2) is 4.39 Å². The average molecular weight is 366 g/mol. The van der Waals surface area contributed by atoms with Crippen LogP contribution < -0.4 is 0 Å². The molecule has 0 radical (unpaired) electrons. The maximum absolute atomic E-state index is 13.2. The van der Waals surface area contributed by atoms with Gasteiger partial charge in [-0.05, 0) is 51.2 Å². The molecule has 1 aromatic carbocycles. The highest BCUT2D eigenvalue weighted by Crippen LogP contribution is 2.28. The molecule has 7 heteroatoms. The van der Waals surface area contributed by atoms with Crippen molar-refractivity contribution in [3.8, 4) is 0 Å². The molecule has 1 saturated heterocycles. The molecule has 1 fully saturated rings. The zero-order valence-electron chi connectivity index (χ0n) is 15.0. The Morgan fingerprint density at radius 1 is 1.32 bits per heavy atom. The van der Waals surface area contributed by atoms with Crippen molar-refractivity contribution in [1.29, 1.82) is 0 Å². The largest absolute Gasteiger partial charge is 0.317 e. The van der Waals surface area contributed by atoms with Gasteiger partial charge in [-0.3, -0.25) is 4.90 Å². The zero-order chi connectivity index (χ0) is 18.0. The lowest BCUT2D eigenvalue weighted by molar-refractivity contribution is 0.195. The van der Waals surface area contributed by atoms with Crippen molar-refractivity contribution in [3.05, 3.63) is 46.3 Å². The highest BCUT2D eigenvalue weighted by Gasteiger charge is 2.26. The molecule has 0 amide bonds. The van der Waals surface area contributed by atoms with Crippen LogP contribution in [-0.4, -0.2) is 51.7 Å². The zero-order valence-corrected chi connectivity index (χ0v) is 15.8. The number of nitrogens with zero attached hydrogens (tertiary/aromatic N) is 5. The average Bonchev–Trinajstić information content (AvgIpc) is 2.91. The molecule has 0 spiro atoms. The van der Waals surface area contributed by atoms with Crippen LogP contribution in [0, 0.1) is 5.82 Å². The van der Waals surface area contributed by atoms with Crippen molar-refractivity contribution in [2.75, 3.05) is 27.2 Å². The van der Waals surface area contributed by atoms with E-state index in [0.717, 1.165) is 56.2 Å². The second kappa shape index (κ2) is 7.81. The Balaban J connectivity index is 1.70. The van der Waals surface area contributed by atoms with Crippen LogP contribution >= 0.6 is 11.6 Å². The number of benzene rings is 1. The summed E-state index contributed by atoms with van der Waals surface area (Å²) in [6.45, 7) is 3.46. The molecular weight excluding hydrogens is 341 g/mol. The standard InChI is InChI=1S/C18H25ClFN5/c1-23(2)12-17-21-22-18(24(17)3)14-5-4-8-25(11-14)10-13-6-7-15(20)9-16(13)19/h6-7,9,14H,4-5,8,10-12H2,1-3H3. The number of hydrogen-bond acceptors (Lipinski definition) is 4. The summed E-state index contributed by atoms with van der Waals surface area (Å²) in [6, 6.07) is 4.63. The van der Waals surface area contributed by atoms with Gasteiger partial charge in [0.1, 0.15) is 17.5 Å². The van der Waals surface area contributed by atoms with E-state index >= 15 is 0 Å². The monoisotopic (exact) mass is 365 g/mol. The molecule has 0 bridgehead atoms. The Kier molecular flexibility index (Phi) is 5.71. The lowest BCUT2D eigenvalue weighted by Gasteiger charge is -2.32. The quantitative estimate of drug-likeness (QED) is 0.816. The van der Waals surface area contributed by atoms with Gasteiger partial charge < -0.3 is 9.47 Å². The Morgan fingerprint density at radius 2 is 2.12 bits per heavy atom. The molecule has 1 aliphatic rings. The van der Waals surface area contributed by atoms with Crippen LogP contribution in [0.5, 0.6) is 0 Å². The van der Waals surface area contributed by atoms with Crippen LogP contribution in [-0.2, 0) is 20.1 Å². The van der Waals surface area contributed by atoms with Gasteiger partial charge in [0.2, 0.25) is 0 Å². The molecule has 1 aromatic heterocycles.